The van der Waals surface area contributed by atoms with Crippen molar-refractivity contribution in [3.63, 3.8) is 0 Å². The van der Waals surface area contributed by atoms with E-state index in [0.29, 0.717) is 5.69 Å². The molecule has 1 amide bonds. The minimum absolute atomic E-state index is 0.0953. The molecule has 0 aliphatic carbocycles. The number of nitrogens with zero attached hydrogens (tertiary/aromatic N) is 1. The summed E-state index contributed by atoms with van der Waals surface area (Å²) in [5.74, 6) is -0.0953. The molecule has 21 heavy (non-hydrogen) atoms. The van der Waals surface area contributed by atoms with Crippen LogP contribution in [0.4, 0.5) is 0 Å². The first-order valence-corrected chi connectivity index (χ1v) is 6.87. The smallest absolute Gasteiger partial charge is 0.267 e. The summed E-state index contributed by atoms with van der Waals surface area (Å²) >= 11 is 0. The van der Waals surface area contributed by atoms with Crippen LogP contribution in [-0.4, -0.2) is 22.9 Å². The summed E-state index contributed by atoms with van der Waals surface area (Å²) in [6, 6.07) is 8.19. The minimum atomic E-state index is -0.0953. The van der Waals surface area contributed by atoms with Crippen molar-refractivity contribution in [2.24, 2.45) is 0 Å². The molecule has 0 spiro atoms. The number of nitrogens with one attached hydrogen (secondary N) is 2. The van der Waals surface area contributed by atoms with Crippen LogP contribution in [-0.2, 0) is 0 Å². The Morgan fingerprint density at radius 3 is 2.57 bits per heavy atom. The average Bonchev–Trinajstić information content (AvgIpc) is 2.84. The Kier molecular flexibility index (Phi) is 3.22. The zero-order chi connectivity index (χ0) is 15.0. The monoisotopic (exact) mass is 279 g/mol. The molecule has 3 rings (SSSR count). The first-order chi connectivity index (χ1) is 10.1. The van der Waals surface area contributed by atoms with Gasteiger partial charge in [-0.25, -0.2) is 0 Å². The summed E-state index contributed by atoms with van der Waals surface area (Å²) in [5.41, 5.74) is 5.92. The Balaban J connectivity index is 2.33. The van der Waals surface area contributed by atoms with E-state index < -0.39 is 0 Å². The molecule has 4 nitrogen and oxygen atoms in total. The summed E-state index contributed by atoms with van der Waals surface area (Å²) in [4.78, 5) is 19.3. The molecule has 0 unspecified atom stereocenters. The number of carbonyl (C=O) groups is 1. The van der Waals surface area contributed by atoms with Crippen LogP contribution in [0.2, 0.25) is 0 Å². The molecule has 0 radical (unpaired) electrons. The molecule has 1 aromatic carbocycles. The van der Waals surface area contributed by atoms with Gasteiger partial charge in [-0.3, -0.25) is 9.78 Å². The SMILES string of the molecule is CNC(=O)c1[nH]c2c(-c3ccncc3)cc(C)cc2c1C. The minimum Gasteiger partial charge on any atom is -0.354 e. The molecule has 2 heterocycles. The summed E-state index contributed by atoms with van der Waals surface area (Å²) in [7, 11) is 1.64. The molecule has 0 aliphatic rings. The molecule has 4 heteroatoms. The van der Waals surface area contributed by atoms with Crippen molar-refractivity contribution in [1.29, 1.82) is 0 Å². The van der Waals surface area contributed by atoms with Crippen molar-refractivity contribution in [2.45, 2.75) is 13.8 Å². The molecule has 3 aromatic rings. The lowest BCUT2D eigenvalue weighted by atomic mass is 10.00. The van der Waals surface area contributed by atoms with Gasteiger partial charge < -0.3 is 10.3 Å². The van der Waals surface area contributed by atoms with Gasteiger partial charge in [0.15, 0.2) is 0 Å². The Morgan fingerprint density at radius 1 is 1.19 bits per heavy atom. The number of aryl methyl sites for hydroxylation is 2. The summed E-state index contributed by atoms with van der Waals surface area (Å²) in [6.07, 6.45) is 3.55. The third-order valence-electron chi connectivity index (χ3n) is 3.76. The number of aromatic nitrogens is 2. The van der Waals surface area contributed by atoms with Crippen LogP contribution in [0.15, 0.2) is 36.7 Å². The number of rotatable bonds is 2. The highest BCUT2D eigenvalue weighted by Crippen LogP contribution is 2.32. The number of benzene rings is 1. The van der Waals surface area contributed by atoms with Crippen LogP contribution in [0, 0.1) is 13.8 Å². The number of fused-ring (bicyclic) bond motifs is 1. The van der Waals surface area contributed by atoms with Gasteiger partial charge in [0.25, 0.3) is 5.91 Å². The Labute approximate surface area is 123 Å². The molecule has 0 aliphatic heterocycles. The van der Waals surface area contributed by atoms with Gasteiger partial charge in [-0.15, -0.1) is 0 Å². The van der Waals surface area contributed by atoms with Crippen LogP contribution in [0.1, 0.15) is 21.6 Å². The maximum atomic E-state index is 12.0. The van der Waals surface area contributed by atoms with Crippen LogP contribution in [0.25, 0.3) is 22.0 Å². The fraction of sp³-hybridized carbons (Fsp3) is 0.176. The molecular weight excluding hydrogens is 262 g/mol. The van der Waals surface area contributed by atoms with E-state index in [9.17, 15) is 4.79 Å². The highest BCUT2D eigenvalue weighted by Gasteiger charge is 2.16. The van der Waals surface area contributed by atoms with Crippen LogP contribution < -0.4 is 5.32 Å². The first kappa shape index (κ1) is 13.4. The lowest BCUT2D eigenvalue weighted by Gasteiger charge is -2.05. The van der Waals surface area contributed by atoms with Crippen LogP contribution in [0.3, 0.4) is 0 Å². The second kappa shape index (κ2) is 5.05. The molecule has 0 saturated heterocycles. The van der Waals surface area contributed by atoms with E-state index in [1.165, 1.54) is 5.56 Å². The van der Waals surface area contributed by atoms with E-state index in [-0.39, 0.29) is 5.91 Å². The highest BCUT2D eigenvalue weighted by atomic mass is 16.1. The molecule has 106 valence electrons. The standard InChI is InChI=1S/C17H17N3O/c1-10-8-13-11(2)15(17(21)18-3)20-16(13)14(9-10)12-4-6-19-7-5-12/h4-9,20H,1-3H3,(H,18,21). The normalized spacial score (nSPS) is 10.8. The highest BCUT2D eigenvalue weighted by molar-refractivity contribution is 6.05. The van der Waals surface area contributed by atoms with Crippen LogP contribution in [0.5, 0.6) is 0 Å². The number of H-pyrrole nitrogens is 1. The molecule has 0 saturated carbocycles. The number of pyridine rings is 1. The van der Waals surface area contributed by atoms with Gasteiger partial charge in [-0.1, -0.05) is 0 Å². The molecule has 0 bridgehead atoms. The fourth-order valence-corrected chi connectivity index (χ4v) is 2.68. The van der Waals surface area contributed by atoms with Crippen molar-refractivity contribution >= 4 is 16.8 Å². The predicted octanol–water partition coefficient (Wildman–Crippen LogP) is 3.21. The van der Waals surface area contributed by atoms with Crippen molar-refractivity contribution in [3.05, 3.63) is 53.5 Å². The van der Waals surface area contributed by atoms with E-state index in [0.717, 1.165) is 27.6 Å². The third kappa shape index (κ3) is 2.18. The largest absolute Gasteiger partial charge is 0.354 e. The zero-order valence-corrected chi connectivity index (χ0v) is 12.3. The van der Waals surface area contributed by atoms with Gasteiger partial charge in [0, 0.05) is 30.4 Å². The molecular formula is C17H17N3O. The number of hydrogen-bond donors (Lipinski definition) is 2. The van der Waals surface area contributed by atoms with Gasteiger partial charge in [-0.2, -0.15) is 0 Å². The van der Waals surface area contributed by atoms with E-state index in [1.54, 1.807) is 19.4 Å². The Bertz CT molecular complexity index is 819. The predicted molar refractivity (Wildman–Crippen MR) is 84.4 cm³/mol. The number of carbonyl (C=O) groups excluding carboxylic acids is 1. The van der Waals surface area contributed by atoms with E-state index in [1.807, 2.05) is 19.1 Å². The number of amides is 1. The zero-order valence-electron chi connectivity index (χ0n) is 12.3. The van der Waals surface area contributed by atoms with E-state index >= 15 is 0 Å². The van der Waals surface area contributed by atoms with Gasteiger partial charge in [-0.05, 0) is 54.8 Å². The molecule has 2 N–H and O–H groups in total. The van der Waals surface area contributed by atoms with Gasteiger partial charge in [0.05, 0.1) is 5.52 Å². The topological polar surface area (TPSA) is 57.8 Å². The lowest BCUT2D eigenvalue weighted by Crippen LogP contribution is -2.19. The fourth-order valence-electron chi connectivity index (χ4n) is 2.68. The summed E-state index contributed by atoms with van der Waals surface area (Å²) in [6.45, 7) is 4.04. The van der Waals surface area contributed by atoms with Crippen molar-refractivity contribution in [3.8, 4) is 11.1 Å². The molecule has 2 aromatic heterocycles. The lowest BCUT2D eigenvalue weighted by molar-refractivity contribution is 0.0958. The van der Waals surface area contributed by atoms with Gasteiger partial charge in [0.2, 0.25) is 0 Å². The maximum absolute atomic E-state index is 12.0. The Hall–Kier alpha value is -2.62. The van der Waals surface area contributed by atoms with Crippen molar-refractivity contribution in [2.75, 3.05) is 7.05 Å². The van der Waals surface area contributed by atoms with E-state index in [4.69, 9.17) is 0 Å². The van der Waals surface area contributed by atoms with Crippen LogP contribution >= 0.6 is 0 Å². The summed E-state index contributed by atoms with van der Waals surface area (Å²) in [5, 5.41) is 3.76. The molecule has 0 atom stereocenters. The van der Waals surface area contributed by atoms with Gasteiger partial charge >= 0.3 is 0 Å². The van der Waals surface area contributed by atoms with Crippen molar-refractivity contribution in [1.82, 2.24) is 15.3 Å². The number of hydrogen-bond acceptors (Lipinski definition) is 2. The van der Waals surface area contributed by atoms with Crippen molar-refractivity contribution < 1.29 is 4.79 Å². The van der Waals surface area contributed by atoms with Gasteiger partial charge in [0.1, 0.15) is 5.69 Å². The summed E-state index contributed by atoms with van der Waals surface area (Å²) < 4.78 is 0. The first-order valence-electron chi connectivity index (χ1n) is 6.87. The average molecular weight is 279 g/mol. The van der Waals surface area contributed by atoms with E-state index in [2.05, 4.69) is 34.3 Å². The maximum Gasteiger partial charge on any atom is 0.267 e. The Morgan fingerprint density at radius 2 is 1.90 bits per heavy atom. The quantitative estimate of drug-likeness (QED) is 0.756. The second-order valence-electron chi connectivity index (χ2n) is 5.18. The third-order valence-corrected chi connectivity index (χ3v) is 3.76. The number of aromatic amines is 1. The second-order valence-corrected chi connectivity index (χ2v) is 5.18. The molecule has 0 fully saturated rings.